The number of hydrogen-bond acceptors (Lipinski definition) is 4. The molecular formula is C18H18FNO2S. The predicted molar refractivity (Wildman–Crippen MR) is 94.3 cm³/mol. The van der Waals surface area contributed by atoms with Crippen LogP contribution < -0.4 is 10.1 Å². The summed E-state index contributed by atoms with van der Waals surface area (Å²) in [6.07, 6.45) is -1.07. The van der Waals surface area contributed by atoms with Crippen LogP contribution in [0.5, 0.6) is 5.75 Å². The van der Waals surface area contributed by atoms with E-state index in [1.807, 2.05) is 37.4 Å². The van der Waals surface area contributed by atoms with Gasteiger partial charge in [0.2, 0.25) is 0 Å². The molecule has 5 heteroatoms. The molecule has 3 rings (SSSR count). The summed E-state index contributed by atoms with van der Waals surface area (Å²) in [5.74, 6) is 0.643. The minimum absolute atomic E-state index is 0.0360. The normalized spacial score (nSPS) is 12.3. The number of ether oxygens (including phenoxy) is 1. The number of fused-ring (bicyclic) bond motifs is 1. The fourth-order valence-electron chi connectivity index (χ4n) is 2.28. The van der Waals surface area contributed by atoms with Crippen LogP contribution in [-0.4, -0.2) is 31.5 Å². The lowest BCUT2D eigenvalue weighted by Crippen LogP contribution is -2.19. The highest BCUT2D eigenvalue weighted by molar-refractivity contribution is 7.22. The Morgan fingerprint density at radius 2 is 1.96 bits per heavy atom. The van der Waals surface area contributed by atoms with E-state index in [1.54, 1.807) is 11.3 Å². The number of benzene rings is 2. The SMILES string of the molecule is CNc1ccc(-c2cc3ccc(OCC(O)C[18F])cc3s2)cc1. The van der Waals surface area contributed by atoms with E-state index in [2.05, 4.69) is 23.5 Å². The standard InChI is InChI=1S/C18H18FNO2S/c1-20-14-5-2-12(3-6-14)17-8-13-4-7-16(9-18(13)23-17)22-11-15(21)10-19/h2-9,15,20-21H,10-11H2,1H3/i19-1. The maximum Gasteiger partial charge on any atom is 0.120 e. The fraction of sp³-hybridized carbons (Fsp3) is 0.222. The van der Waals surface area contributed by atoms with Crippen molar-refractivity contribution in [2.24, 2.45) is 0 Å². The van der Waals surface area contributed by atoms with Crippen molar-refractivity contribution in [3.8, 4) is 16.2 Å². The van der Waals surface area contributed by atoms with Gasteiger partial charge in [-0.05, 0) is 47.3 Å². The summed E-state index contributed by atoms with van der Waals surface area (Å²) in [6, 6.07) is 16.2. The van der Waals surface area contributed by atoms with Crippen molar-refractivity contribution >= 4 is 27.1 Å². The van der Waals surface area contributed by atoms with Gasteiger partial charge >= 0.3 is 0 Å². The molecule has 3 nitrogen and oxygen atoms in total. The van der Waals surface area contributed by atoms with Crippen LogP contribution in [0.25, 0.3) is 20.5 Å². The summed E-state index contributed by atoms with van der Waals surface area (Å²) >= 11 is 1.68. The van der Waals surface area contributed by atoms with Crippen LogP contribution >= 0.6 is 11.3 Å². The Balaban J connectivity index is 1.83. The summed E-state index contributed by atoms with van der Waals surface area (Å²) in [6.45, 7) is -0.834. The monoisotopic (exact) mass is 330 g/mol. The Hall–Kier alpha value is -2.11. The maximum absolute atomic E-state index is 12.3. The summed E-state index contributed by atoms with van der Waals surface area (Å²) < 4.78 is 18.8. The van der Waals surface area contributed by atoms with E-state index in [-0.39, 0.29) is 6.61 Å². The van der Waals surface area contributed by atoms with Crippen LogP contribution in [0.4, 0.5) is 10.1 Å². The lowest BCUT2D eigenvalue weighted by molar-refractivity contribution is 0.0842. The number of anilines is 1. The topological polar surface area (TPSA) is 41.5 Å². The van der Waals surface area contributed by atoms with Gasteiger partial charge in [0.1, 0.15) is 25.1 Å². The van der Waals surface area contributed by atoms with Crippen molar-refractivity contribution in [1.82, 2.24) is 0 Å². The van der Waals surface area contributed by atoms with Gasteiger partial charge in [-0.3, -0.25) is 0 Å². The molecule has 0 fully saturated rings. The van der Waals surface area contributed by atoms with Gasteiger partial charge in [-0.1, -0.05) is 12.1 Å². The lowest BCUT2D eigenvalue weighted by Gasteiger charge is -2.08. The molecule has 1 unspecified atom stereocenters. The summed E-state index contributed by atoms with van der Waals surface area (Å²) in [5, 5.41) is 13.5. The molecule has 0 aliphatic heterocycles. The van der Waals surface area contributed by atoms with E-state index >= 15 is 0 Å². The van der Waals surface area contributed by atoms with Gasteiger partial charge in [-0.25, -0.2) is 4.39 Å². The number of nitrogens with one attached hydrogen (secondary N) is 1. The first-order chi connectivity index (χ1) is 11.2. The molecule has 1 aromatic heterocycles. The molecule has 120 valence electrons. The van der Waals surface area contributed by atoms with Gasteiger partial charge in [0.05, 0.1) is 0 Å². The number of rotatable bonds is 6. The molecule has 0 aliphatic carbocycles. The molecule has 1 heterocycles. The molecule has 3 aromatic rings. The third kappa shape index (κ3) is 3.63. The highest BCUT2D eigenvalue weighted by atomic mass is 32.1. The largest absolute Gasteiger partial charge is 0.491 e. The number of alkyl halides is 1. The minimum Gasteiger partial charge on any atom is -0.491 e. The molecule has 2 aromatic carbocycles. The smallest absolute Gasteiger partial charge is 0.120 e. The van der Waals surface area contributed by atoms with Gasteiger partial charge in [0.25, 0.3) is 0 Å². The van der Waals surface area contributed by atoms with Gasteiger partial charge in [0.15, 0.2) is 0 Å². The zero-order valence-corrected chi connectivity index (χ0v) is 13.6. The van der Waals surface area contributed by atoms with Gasteiger partial charge in [0, 0.05) is 22.3 Å². The summed E-state index contributed by atoms with van der Waals surface area (Å²) in [5.41, 5.74) is 2.25. The van der Waals surface area contributed by atoms with Crippen molar-refractivity contribution in [1.29, 1.82) is 0 Å². The van der Waals surface area contributed by atoms with E-state index < -0.39 is 12.8 Å². The Kier molecular flexibility index (Phi) is 4.79. The zero-order valence-electron chi connectivity index (χ0n) is 12.8. The van der Waals surface area contributed by atoms with Crippen LogP contribution in [0.1, 0.15) is 0 Å². The first-order valence-electron chi connectivity index (χ1n) is 7.38. The quantitative estimate of drug-likeness (QED) is 0.707. The Bertz CT molecular complexity index is 785. The van der Waals surface area contributed by atoms with Gasteiger partial charge in [-0.15, -0.1) is 11.3 Å². The zero-order chi connectivity index (χ0) is 16.2. The Morgan fingerprint density at radius 1 is 1.17 bits per heavy atom. The number of hydrogen-bond donors (Lipinski definition) is 2. The first-order valence-corrected chi connectivity index (χ1v) is 8.20. The maximum atomic E-state index is 12.3. The average Bonchev–Trinajstić information content (AvgIpc) is 3.03. The lowest BCUT2D eigenvalue weighted by atomic mass is 10.1. The summed E-state index contributed by atoms with van der Waals surface area (Å²) in [4.78, 5) is 1.18. The van der Waals surface area contributed by atoms with E-state index in [9.17, 15) is 9.50 Å². The highest BCUT2D eigenvalue weighted by Gasteiger charge is 2.08. The third-order valence-corrected chi connectivity index (χ3v) is 4.72. The molecular weight excluding hydrogens is 312 g/mol. The second-order valence-electron chi connectivity index (χ2n) is 5.26. The van der Waals surface area contributed by atoms with Crippen molar-refractivity contribution in [3.63, 3.8) is 0 Å². The second-order valence-corrected chi connectivity index (χ2v) is 6.34. The van der Waals surface area contributed by atoms with Crippen molar-refractivity contribution in [2.75, 3.05) is 25.6 Å². The number of aliphatic hydroxyl groups excluding tert-OH is 1. The molecule has 0 aliphatic rings. The Morgan fingerprint density at radius 3 is 2.65 bits per heavy atom. The molecule has 0 saturated carbocycles. The fourth-order valence-corrected chi connectivity index (χ4v) is 3.38. The van der Waals surface area contributed by atoms with E-state index in [4.69, 9.17) is 4.74 Å². The molecule has 0 amide bonds. The van der Waals surface area contributed by atoms with E-state index in [0.717, 1.165) is 15.8 Å². The molecule has 0 radical (unpaired) electrons. The van der Waals surface area contributed by atoms with Crippen LogP contribution in [0, 0.1) is 0 Å². The highest BCUT2D eigenvalue weighted by Crippen LogP contribution is 2.35. The number of halogens is 1. The van der Waals surface area contributed by atoms with Crippen molar-refractivity contribution < 1.29 is 14.2 Å². The first kappa shape index (κ1) is 15.8. The molecule has 0 saturated heterocycles. The van der Waals surface area contributed by atoms with E-state index in [0.29, 0.717) is 5.75 Å². The predicted octanol–water partition coefficient (Wildman–Crippen LogP) is 4.32. The molecule has 1 atom stereocenters. The number of thiophene rings is 1. The van der Waals surface area contributed by atoms with E-state index in [1.165, 1.54) is 10.4 Å². The Labute approximate surface area is 138 Å². The molecule has 0 bridgehead atoms. The molecule has 2 N–H and O–H groups in total. The van der Waals surface area contributed by atoms with Crippen LogP contribution in [0.3, 0.4) is 0 Å². The van der Waals surface area contributed by atoms with Gasteiger partial charge < -0.3 is 15.2 Å². The van der Waals surface area contributed by atoms with Crippen molar-refractivity contribution in [2.45, 2.75) is 6.10 Å². The second kappa shape index (κ2) is 6.98. The minimum atomic E-state index is -1.07. The van der Waals surface area contributed by atoms with Crippen LogP contribution in [-0.2, 0) is 0 Å². The molecule has 0 spiro atoms. The molecule has 23 heavy (non-hydrogen) atoms. The van der Waals surface area contributed by atoms with Crippen LogP contribution in [0.2, 0.25) is 0 Å². The average molecular weight is 330 g/mol. The van der Waals surface area contributed by atoms with Crippen LogP contribution in [0.15, 0.2) is 48.5 Å². The third-order valence-electron chi connectivity index (χ3n) is 3.57. The summed E-state index contributed by atoms with van der Waals surface area (Å²) in [7, 11) is 1.90. The number of aliphatic hydroxyl groups is 1. The van der Waals surface area contributed by atoms with Crippen molar-refractivity contribution in [3.05, 3.63) is 48.5 Å². The van der Waals surface area contributed by atoms with Gasteiger partial charge in [-0.2, -0.15) is 0 Å².